The fourth-order valence-electron chi connectivity index (χ4n) is 3.16. The molecule has 0 amide bonds. The number of likely N-dealkylation sites (tertiary alicyclic amines) is 1. The maximum Gasteiger partial charge on any atom is 0.00958 e. The minimum Gasteiger partial charge on any atom is -0.300 e. The second-order valence-corrected chi connectivity index (χ2v) is 6.37. The molecule has 113 valence electrons. The van der Waals surface area contributed by atoms with Crippen molar-refractivity contribution in [3.8, 4) is 0 Å². The highest BCUT2D eigenvalue weighted by Crippen LogP contribution is 2.17. The summed E-state index contributed by atoms with van der Waals surface area (Å²) in [7, 11) is 0. The molecule has 0 bridgehead atoms. The molecular weight excluding hydrogens is 230 g/mol. The van der Waals surface area contributed by atoms with Gasteiger partial charge < -0.3 is 4.90 Å². The number of unbranched alkanes of at least 4 members (excludes halogenated alkanes) is 8. The van der Waals surface area contributed by atoms with Crippen LogP contribution in [0.4, 0.5) is 0 Å². The first-order valence-electron chi connectivity index (χ1n) is 8.91. The van der Waals surface area contributed by atoms with Crippen molar-refractivity contribution in [3.63, 3.8) is 0 Å². The summed E-state index contributed by atoms with van der Waals surface area (Å²) in [5.41, 5.74) is 0. The Labute approximate surface area is 122 Å². The monoisotopic (exact) mass is 266 g/mol. The van der Waals surface area contributed by atoms with Crippen LogP contribution >= 0.6 is 0 Å². The molecule has 1 aliphatic heterocycles. The molecule has 1 rings (SSSR count). The molecule has 0 N–H and O–H groups in total. The summed E-state index contributed by atoms with van der Waals surface area (Å²) >= 11 is 0. The van der Waals surface area contributed by atoms with E-state index in [0.717, 1.165) is 0 Å². The standard InChI is InChI=1S/C18H36N/c1-3-4-5-6-7-8-9-10-12-15-18(2)19-16-13-11-14-17-19/h18H,2-17H2,1H3. The number of rotatable bonds is 11. The average molecular weight is 266 g/mol. The predicted octanol–water partition coefficient (Wildman–Crippen LogP) is 5.60. The van der Waals surface area contributed by atoms with Gasteiger partial charge in [0.15, 0.2) is 0 Å². The van der Waals surface area contributed by atoms with Crippen LogP contribution in [0.1, 0.15) is 90.4 Å². The normalized spacial score (nSPS) is 18.6. The summed E-state index contributed by atoms with van der Waals surface area (Å²) < 4.78 is 0. The zero-order valence-corrected chi connectivity index (χ0v) is 13.3. The van der Waals surface area contributed by atoms with Crippen LogP contribution in [-0.4, -0.2) is 24.0 Å². The third-order valence-corrected chi connectivity index (χ3v) is 4.55. The Morgan fingerprint density at radius 1 is 0.789 bits per heavy atom. The number of hydrogen-bond acceptors (Lipinski definition) is 1. The molecule has 1 radical (unpaired) electrons. The van der Waals surface area contributed by atoms with Crippen LogP contribution in [-0.2, 0) is 0 Å². The lowest BCUT2D eigenvalue weighted by Gasteiger charge is -2.32. The predicted molar refractivity (Wildman–Crippen MR) is 86.4 cm³/mol. The van der Waals surface area contributed by atoms with Gasteiger partial charge in [-0.05, 0) is 39.3 Å². The van der Waals surface area contributed by atoms with Gasteiger partial charge in [0.1, 0.15) is 0 Å². The Kier molecular flexibility index (Phi) is 10.5. The molecule has 1 fully saturated rings. The first-order chi connectivity index (χ1) is 9.34. The van der Waals surface area contributed by atoms with E-state index in [1.54, 1.807) is 0 Å². The molecule has 1 saturated heterocycles. The van der Waals surface area contributed by atoms with Crippen LogP contribution in [0.15, 0.2) is 0 Å². The maximum atomic E-state index is 4.36. The highest BCUT2D eigenvalue weighted by atomic mass is 15.1. The van der Waals surface area contributed by atoms with Gasteiger partial charge in [-0.3, -0.25) is 0 Å². The summed E-state index contributed by atoms with van der Waals surface area (Å²) in [4.78, 5) is 2.61. The molecule has 1 atom stereocenters. The Hall–Kier alpha value is -0.0400. The average Bonchev–Trinajstić information content (AvgIpc) is 2.46. The molecule has 0 aromatic rings. The van der Waals surface area contributed by atoms with E-state index >= 15 is 0 Å². The van der Waals surface area contributed by atoms with Crippen LogP contribution in [0, 0.1) is 6.92 Å². The Balaban J connectivity index is 1.84. The van der Waals surface area contributed by atoms with Gasteiger partial charge in [0.2, 0.25) is 0 Å². The molecule has 0 aliphatic carbocycles. The Morgan fingerprint density at radius 3 is 1.89 bits per heavy atom. The fraction of sp³-hybridized carbons (Fsp3) is 0.944. The zero-order chi connectivity index (χ0) is 13.8. The molecule has 1 nitrogen and oxygen atoms in total. The van der Waals surface area contributed by atoms with Gasteiger partial charge in [0.25, 0.3) is 0 Å². The van der Waals surface area contributed by atoms with E-state index in [1.165, 1.54) is 96.6 Å². The fourth-order valence-corrected chi connectivity index (χ4v) is 3.16. The second kappa shape index (κ2) is 11.8. The van der Waals surface area contributed by atoms with Gasteiger partial charge in [-0.15, -0.1) is 0 Å². The van der Waals surface area contributed by atoms with Gasteiger partial charge in [0.05, 0.1) is 0 Å². The van der Waals surface area contributed by atoms with Crippen molar-refractivity contribution >= 4 is 0 Å². The van der Waals surface area contributed by atoms with E-state index in [9.17, 15) is 0 Å². The van der Waals surface area contributed by atoms with Crippen molar-refractivity contribution in [2.45, 2.75) is 96.4 Å². The van der Waals surface area contributed by atoms with Crippen molar-refractivity contribution in [1.82, 2.24) is 4.90 Å². The van der Waals surface area contributed by atoms with Crippen molar-refractivity contribution in [3.05, 3.63) is 6.92 Å². The first-order valence-corrected chi connectivity index (χ1v) is 8.91. The van der Waals surface area contributed by atoms with Gasteiger partial charge in [0, 0.05) is 6.04 Å². The van der Waals surface area contributed by atoms with Gasteiger partial charge in [-0.25, -0.2) is 0 Å². The maximum absolute atomic E-state index is 4.36. The lowest BCUT2D eigenvalue weighted by Crippen LogP contribution is -2.37. The lowest BCUT2D eigenvalue weighted by atomic mass is 10.0. The van der Waals surface area contributed by atoms with E-state index in [-0.39, 0.29) is 0 Å². The molecule has 0 aromatic heterocycles. The Bertz CT molecular complexity index is 184. The molecule has 1 heterocycles. The minimum atomic E-state index is 0.588. The molecule has 1 heteroatoms. The second-order valence-electron chi connectivity index (χ2n) is 6.37. The van der Waals surface area contributed by atoms with E-state index < -0.39 is 0 Å². The largest absolute Gasteiger partial charge is 0.300 e. The highest BCUT2D eigenvalue weighted by Gasteiger charge is 2.15. The summed E-state index contributed by atoms with van der Waals surface area (Å²) in [5.74, 6) is 0. The van der Waals surface area contributed by atoms with Crippen molar-refractivity contribution in [1.29, 1.82) is 0 Å². The number of piperidine rings is 1. The summed E-state index contributed by atoms with van der Waals surface area (Å²) in [6.07, 6.45) is 18.4. The molecule has 0 aromatic carbocycles. The van der Waals surface area contributed by atoms with Crippen molar-refractivity contribution in [2.24, 2.45) is 0 Å². The quantitative estimate of drug-likeness (QED) is 0.440. The summed E-state index contributed by atoms with van der Waals surface area (Å²) in [5, 5.41) is 0. The first kappa shape index (κ1) is 17.0. The van der Waals surface area contributed by atoms with Crippen LogP contribution in [0.2, 0.25) is 0 Å². The topological polar surface area (TPSA) is 3.24 Å². The highest BCUT2D eigenvalue weighted by molar-refractivity contribution is 4.76. The SMILES string of the molecule is [CH2]C(CCCCCCCCCCC)N1CCCCC1. The minimum absolute atomic E-state index is 0.588. The lowest BCUT2D eigenvalue weighted by molar-refractivity contribution is 0.179. The number of hydrogen-bond donors (Lipinski definition) is 0. The molecule has 0 spiro atoms. The van der Waals surface area contributed by atoms with Gasteiger partial charge >= 0.3 is 0 Å². The van der Waals surface area contributed by atoms with Crippen LogP contribution in [0.5, 0.6) is 0 Å². The molecule has 19 heavy (non-hydrogen) atoms. The number of nitrogens with zero attached hydrogens (tertiary/aromatic N) is 1. The van der Waals surface area contributed by atoms with E-state index in [0.29, 0.717) is 6.04 Å². The molecular formula is C18H36N. The molecule has 1 aliphatic rings. The molecule has 1 unspecified atom stereocenters. The van der Waals surface area contributed by atoms with Crippen molar-refractivity contribution in [2.75, 3.05) is 13.1 Å². The summed E-state index contributed by atoms with van der Waals surface area (Å²) in [6, 6.07) is 0.588. The third-order valence-electron chi connectivity index (χ3n) is 4.55. The van der Waals surface area contributed by atoms with Gasteiger partial charge in [-0.2, -0.15) is 0 Å². The van der Waals surface area contributed by atoms with Crippen LogP contribution in [0.25, 0.3) is 0 Å². The van der Waals surface area contributed by atoms with Crippen LogP contribution < -0.4 is 0 Å². The van der Waals surface area contributed by atoms with Crippen molar-refractivity contribution < 1.29 is 0 Å². The third kappa shape index (κ3) is 8.68. The van der Waals surface area contributed by atoms with Gasteiger partial charge in [-0.1, -0.05) is 71.1 Å². The van der Waals surface area contributed by atoms with E-state index in [1.807, 2.05) is 0 Å². The summed E-state index contributed by atoms with van der Waals surface area (Å²) in [6.45, 7) is 9.24. The molecule has 0 saturated carbocycles. The van der Waals surface area contributed by atoms with E-state index in [2.05, 4.69) is 18.7 Å². The Morgan fingerprint density at radius 2 is 1.32 bits per heavy atom. The van der Waals surface area contributed by atoms with Crippen LogP contribution in [0.3, 0.4) is 0 Å². The van der Waals surface area contributed by atoms with E-state index in [4.69, 9.17) is 0 Å². The smallest absolute Gasteiger partial charge is 0.00958 e. The zero-order valence-electron chi connectivity index (χ0n) is 13.3.